The van der Waals surface area contributed by atoms with E-state index in [0.717, 1.165) is 0 Å². The van der Waals surface area contributed by atoms with Crippen LogP contribution in [0.2, 0.25) is 0 Å². The lowest BCUT2D eigenvalue weighted by Crippen LogP contribution is -2.62. The fourth-order valence-corrected chi connectivity index (χ4v) is 4.08. The molecule has 12 nitrogen and oxygen atoms in total. The van der Waals surface area contributed by atoms with Crippen molar-refractivity contribution >= 4 is 16.9 Å². The van der Waals surface area contributed by atoms with Crippen molar-refractivity contribution in [1.29, 1.82) is 0 Å². The minimum absolute atomic E-state index is 0.0697. The van der Waals surface area contributed by atoms with Crippen molar-refractivity contribution in [2.45, 2.75) is 44.1 Å². The minimum Gasteiger partial charge on any atom is -0.504 e. The second-order valence-electron chi connectivity index (χ2n) is 8.64. The summed E-state index contributed by atoms with van der Waals surface area (Å²) in [6.45, 7) is 2.14. The van der Waals surface area contributed by atoms with Crippen molar-refractivity contribution < 1.29 is 48.6 Å². The van der Waals surface area contributed by atoms with Crippen LogP contribution in [0.4, 0.5) is 0 Å². The molecule has 204 valence electrons. The Bertz CT molecular complexity index is 1350. The first-order valence-corrected chi connectivity index (χ1v) is 11.9. The number of hydrogen-bond acceptors (Lipinski definition) is 11. The molecule has 2 aromatic carbocycles. The number of rotatable bonds is 8. The molecule has 5 N–H and O–H groups in total. The Balaban J connectivity index is 1.73. The summed E-state index contributed by atoms with van der Waals surface area (Å²) in [5.74, 6) is -0.977. The molecule has 5 unspecified atom stereocenters. The molecule has 1 saturated heterocycles. The number of aromatic hydroxyl groups is 1. The van der Waals surface area contributed by atoms with Gasteiger partial charge in [0.15, 0.2) is 23.0 Å². The number of benzene rings is 2. The zero-order chi connectivity index (χ0) is 27.6. The van der Waals surface area contributed by atoms with E-state index in [4.69, 9.17) is 23.4 Å². The molecular formula is C26H29NO11. The van der Waals surface area contributed by atoms with Gasteiger partial charge in [0.2, 0.25) is 12.0 Å². The van der Waals surface area contributed by atoms with Crippen LogP contribution >= 0.6 is 0 Å². The molecule has 1 aliphatic heterocycles. The Morgan fingerprint density at radius 3 is 2.37 bits per heavy atom. The SMILES string of the molecule is CCCNC(=O)C1OC(Oc2cc3oc(-c4ccc(OC)cc4)cc(=O)c3c(O)c2OC)C(O)C(O)C1O. The molecule has 0 radical (unpaired) electrons. The van der Waals surface area contributed by atoms with Crippen LogP contribution in [-0.4, -0.2) is 77.8 Å². The maximum atomic E-state index is 12.9. The van der Waals surface area contributed by atoms with E-state index in [1.807, 2.05) is 6.92 Å². The van der Waals surface area contributed by atoms with Gasteiger partial charge in [0.05, 0.1) is 14.2 Å². The Kier molecular flexibility index (Phi) is 8.07. The van der Waals surface area contributed by atoms with E-state index in [9.17, 15) is 30.0 Å². The third-order valence-corrected chi connectivity index (χ3v) is 6.11. The Labute approximate surface area is 216 Å². The average Bonchev–Trinajstić information content (AvgIpc) is 2.91. The summed E-state index contributed by atoms with van der Waals surface area (Å²) in [4.78, 5) is 25.4. The van der Waals surface area contributed by atoms with E-state index in [0.29, 0.717) is 24.3 Å². The van der Waals surface area contributed by atoms with Gasteiger partial charge in [-0.2, -0.15) is 0 Å². The second-order valence-corrected chi connectivity index (χ2v) is 8.64. The Morgan fingerprint density at radius 1 is 1.03 bits per heavy atom. The third kappa shape index (κ3) is 5.11. The van der Waals surface area contributed by atoms with Crippen molar-refractivity contribution in [2.75, 3.05) is 20.8 Å². The number of nitrogens with one attached hydrogen (secondary N) is 1. The molecule has 2 heterocycles. The first kappa shape index (κ1) is 27.2. The number of ether oxygens (including phenoxy) is 4. The number of fused-ring (bicyclic) bond motifs is 1. The van der Waals surface area contributed by atoms with E-state index in [1.165, 1.54) is 26.4 Å². The highest BCUT2D eigenvalue weighted by Crippen LogP contribution is 2.43. The van der Waals surface area contributed by atoms with Gasteiger partial charge in [-0.05, 0) is 30.7 Å². The van der Waals surface area contributed by atoms with Crippen LogP contribution in [0.5, 0.6) is 23.0 Å². The predicted octanol–water partition coefficient (Wildman–Crippen LogP) is 0.895. The number of carbonyl (C=O) groups is 1. The zero-order valence-corrected chi connectivity index (χ0v) is 20.9. The van der Waals surface area contributed by atoms with Gasteiger partial charge in [-0.3, -0.25) is 9.59 Å². The van der Waals surface area contributed by atoms with Crippen molar-refractivity contribution in [2.24, 2.45) is 0 Å². The minimum atomic E-state index is -1.79. The fourth-order valence-electron chi connectivity index (χ4n) is 4.08. The molecular weight excluding hydrogens is 502 g/mol. The van der Waals surface area contributed by atoms with Gasteiger partial charge in [0.25, 0.3) is 5.91 Å². The van der Waals surface area contributed by atoms with E-state index < -0.39 is 47.8 Å². The number of hydrogen-bond donors (Lipinski definition) is 5. The second kappa shape index (κ2) is 11.3. The smallest absolute Gasteiger partial charge is 0.252 e. The molecule has 4 rings (SSSR count). The Morgan fingerprint density at radius 2 is 1.74 bits per heavy atom. The molecule has 1 amide bonds. The van der Waals surface area contributed by atoms with E-state index in [1.54, 1.807) is 24.3 Å². The Hall–Kier alpha value is -3.84. The van der Waals surface area contributed by atoms with Crippen LogP contribution in [0.25, 0.3) is 22.3 Å². The highest BCUT2D eigenvalue weighted by atomic mass is 16.7. The van der Waals surface area contributed by atoms with Gasteiger partial charge in [0, 0.05) is 24.2 Å². The number of carbonyl (C=O) groups excluding carboxylic acids is 1. The number of phenols is 1. The van der Waals surface area contributed by atoms with E-state index >= 15 is 0 Å². The van der Waals surface area contributed by atoms with Crippen LogP contribution < -0.4 is 25.0 Å². The maximum Gasteiger partial charge on any atom is 0.252 e. The van der Waals surface area contributed by atoms with Gasteiger partial charge in [-0.1, -0.05) is 6.92 Å². The molecule has 1 fully saturated rings. The third-order valence-electron chi connectivity index (χ3n) is 6.11. The molecule has 0 spiro atoms. The number of amides is 1. The predicted molar refractivity (Wildman–Crippen MR) is 133 cm³/mol. The molecule has 3 aromatic rings. The van der Waals surface area contributed by atoms with Crippen molar-refractivity contribution in [1.82, 2.24) is 5.32 Å². The van der Waals surface area contributed by atoms with Crippen molar-refractivity contribution in [3.05, 3.63) is 46.6 Å². The largest absolute Gasteiger partial charge is 0.504 e. The molecule has 0 saturated carbocycles. The van der Waals surface area contributed by atoms with Crippen LogP contribution in [0.1, 0.15) is 13.3 Å². The summed E-state index contributed by atoms with van der Waals surface area (Å²) in [6.07, 6.45) is -7.88. The molecule has 1 aliphatic rings. The number of aliphatic hydroxyl groups is 3. The summed E-state index contributed by atoms with van der Waals surface area (Å²) in [7, 11) is 2.74. The summed E-state index contributed by atoms with van der Waals surface area (Å²) in [5, 5.41) is 44.3. The number of aliphatic hydroxyl groups excluding tert-OH is 3. The van der Waals surface area contributed by atoms with Gasteiger partial charge in [0.1, 0.15) is 40.8 Å². The lowest BCUT2D eigenvalue weighted by molar-refractivity contribution is -0.267. The molecule has 38 heavy (non-hydrogen) atoms. The zero-order valence-electron chi connectivity index (χ0n) is 20.9. The monoisotopic (exact) mass is 531 g/mol. The molecule has 0 aliphatic carbocycles. The van der Waals surface area contributed by atoms with Gasteiger partial charge >= 0.3 is 0 Å². The highest BCUT2D eigenvalue weighted by Gasteiger charge is 2.48. The first-order valence-electron chi connectivity index (χ1n) is 11.9. The topological polar surface area (TPSA) is 177 Å². The van der Waals surface area contributed by atoms with Crippen LogP contribution in [0.15, 0.2) is 45.6 Å². The molecule has 0 bridgehead atoms. The lowest BCUT2D eigenvalue weighted by atomic mass is 9.98. The van der Waals surface area contributed by atoms with Gasteiger partial charge < -0.3 is 49.1 Å². The maximum absolute atomic E-state index is 12.9. The van der Waals surface area contributed by atoms with E-state index in [2.05, 4.69) is 5.32 Å². The van der Waals surface area contributed by atoms with E-state index in [-0.39, 0.29) is 28.2 Å². The van der Waals surface area contributed by atoms with Gasteiger partial charge in [-0.25, -0.2) is 0 Å². The quantitative estimate of drug-likeness (QED) is 0.279. The van der Waals surface area contributed by atoms with Gasteiger partial charge in [-0.15, -0.1) is 0 Å². The summed E-state index contributed by atoms with van der Waals surface area (Å²) in [6, 6.07) is 9.22. The van der Waals surface area contributed by atoms with Crippen molar-refractivity contribution in [3.63, 3.8) is 0 Å². The summed E-state index contributed by atoms with van der Waals surface area (Å²) in [5.41, 5.74) is -0.0639. The average molecular weight is 532 g/mol. The summed E-state index contributed by atoms with van der Waals surface area (Å²) < 4.78 is 27.5. The molecule has 12 heteroatoms. The standard InChI is InChI=1S/C26H29NO11/c1-4-9-27-25(33)24-21(31)20(30)22(32)26(38-24)37-17-11-16-18(19(29)23(17)35-3)14(28)10-15(36-16)12-5-7-13(34-2)8-6-12/h5-8,10-11,20-22,24,26,29-32H,4,9H2,1-3H3,(H,27,33). The summed E-state index contributed by atoms with van der Waals surface area (Å²) >= 11 is 0. The van der Waals surface area contributed by atoms with Crippen LogP contribution in [-0.2, 0) is 9.53 Å². The molecule has 5 atom stereocenters. The number of phenolic OH excluding ortho intramolecular Hbond substituents is 1. The lowest BCUT2D eigenvalue weighted by Gasteiger charge is -2.39. The van der Waals surface area contributed by atoms with Crippen LogP contribution in [0.3, 0.4) is 0 Å². The van der Waals surface area contributed by atoms with Crippen molar-refractivity contribution in [3.8, 4) is 34.3 Å². The normalized spacial score (nSPS) is 23.2. The number of methoxy groups -OCH3 is 2. The highest BCUT2D eigenvalue weighted by molar-refractivity contribution is 5.89. The molecule has 1 aromatic heterocycles. The fraction of sp³-hybridized carbons (Fsp3) is 0.385. The van der Waals surface area contributed by atoms with Crippen LogP contribution in [0, 0.1) is 0 Å². The first-order chi connectivity index (χ1) is 18.2.